The van der Waals surface area contributed by atoms with Crippen molar-refractivity contribution in [1.82, 2.24) is 0 Å². The first-order chi connectivity index (χ1) is 9.93. The lowest BCUT2D eigenvalue weighted by molar-refractivity contribution is -0.944. The highest BCUT2D eigenvalue weighted by molar-refractivity contribution is 5.71. The largest absolute Gasteiger partial charge is 0.477 e. The van der Waals surface area contributed by atoms with Crippen molar-refractivity contribution in [3.63, 3.8) is 0 Å². The summed E-state index contributed by atoms with van der Waals surface area (Å²) in [4.78, 5) is 11.5. The van der Waals surface area contributed by atoms with Crippen molar-refractivity contribution in [2.24, 2.45) is 0 Å². The van der Waals surface area contributed by atoms with Crippen molar-refractivity contribution in [3.8, 4) is 0 Å². The smallest absolute Gasteiger partial charge is 0.362 e. The van der Waals surface area contributed by atoms with Gasteiger partial charge in [0, 0.05) is 0 Å². The Morgan fingerprint density at radius 2 is 1.67 bits per heavy atom. The van der Waals surface area contributed by atoms with Crippen molar-refractivity contribution in [2.75, 3.05) is 19.6 Å². The zero-order chi connectivity index (χ0) is 16.3. The number of aliphatic hydroxyl groups excluding tert-OH is 1. The highest BCUT2D eigenvalue weighted by atomic mass is 16.4. The average Bonchev–Trinajstić information content (AvgIpc) is 2.43. The zero-order valence-corrected chi connectivity index (χ0v) is 14.2. The van der Waals surface area contributed by atoms with Gasteiger partial charge in [0.25, 0.3) is 0 Å². The molecule has 0 radical (unpaired) electrons. The van der Waals surface area contributed by atoms with Gasteiger partial charge in [-0.2, -0.15) is 0 Å². The van der Waals surface area contributed by atoms with Crippen molar-refractivity contribution in [1.29, 1.82) is 0 Å². The SMILES string of the molecule is CCC/C=C/CC(O)C[N+](CCC)(CCC)C(C)C(=O)O. The molecular weight excluding hydrogens is 266 g/mol. The molecule has 124 valence electrons. The van der Waals surface area contributed by atoms with Gasteiger partial charge in [-0.15, -0.1) is 0 Å². The number of aliphatic carboxylic acids is 1. The van der Waals surface area contributed by atoms with Crippen LogP contribution in [-0.2, 0) is 4.79 Å². The molecule has 2 N–H and O–H groups in total. The van der Waals surface area contributed by atoms with E-state index in [1.54, 1.807) is 6.92 Å². The van der Waals surface area contributed by atoms with E-state index in [0.717, 1.165) is 38.8 Å². The van der Waals surface area contributed by atoms with Gasteiger partial charge in [0.15, 0.2) is 6.04 Å². The van der Waals surface area contributed by atoms with Crippen molar-refractivity contribution >= 4 is 5.97 Å². The molecule has 0 saturated carbocycles. The maximum Gasteiger partial charge on any atom is 0.362 e. The van der Waals surface area contributed by atoms with Crippen LogP contribution >= 0.6 is 0 Å². The Hall–Kier alpha value is -0.870. The first kappa shape index (κ1) is 20.1. The Kier molecular flexibility index (Phi) is 10.4. The average molecular weight is 300 g/mol. The number of rotatable bonds is 12. The highest BCUT2D eigenvalue weighted by Gasteiger charge is 2.38. The zero-order valence-electron chi connectivity index (χ0n) is 14.2. The summed E-state index contributed by atoms with van der Waals surface area (Å²) in [6.07, 6.45) is 8.24. The van der Waals surface area contributed by atoms with Crippen molar-refractivity contribution in [2.45, 2.75) is 71.9 Å². The second kappa shape index (κ2) is 10.8. The molecule has 0 heterocycles. The molecule has 0 aromatic heterocycles. The lowest BCUT2D eigenvalue weighted by Crippen LogP contribution is -2.61. The van der Waals surface area contributed by atoms with Crippen LogP contribution in [-0.4, -0.2) is 52.4 Å². The van der Waals surface area contributed by atoms with Gasteiger partial charge in [-0.05, 0) is 32.6 Å². The molecule has 0 spiro atoms. The fraction of sp³-hybridized carbons (Fsp3) is 0.824. The Morgan fingerprint density at radius 3 is 2.10 bits per heavy atom. The molecule has 21 heavy (non-hydrogen) atoms. The molecule has 0 bridgehead atoms. The van der Waals surface area contributed by atoms with E-state index in [-0.39, 0.29) is 0 Å². The summed E-state index contributed by atoms with van der Waals surface area (Å²) in [6, 6.07) is -0.473. The molecule has 0 aliphatic heterocycles. The number of carboxylic acids is 1. The number of carboxylic acid groups (broad SMARTS) is 1. The van der Waals surface area contributed by atoms with Crippen LogP contribution < -0.4 is 0 Å². The van der Waals surface area contributed by atoms with Crippen LogP contribution in [0.25, 0.3) is 0 Å². The summed E-state index contributed by atoms with van der Waals surface area (Å²) in [5.41, 5.74) is 0. The highest BCUT2D eigenvalue weighted by Crippen LogP contribution is 2.19. The third-order valence-corrected chi connectivity index (χ3v) is 4.12. The number of carbonyl (C=O) groups is 1. The van der Waals surface area contributed by atoms with E-state index in [4.69, 9.17) is 0 Å². The third-order valence-electron chi connectivity index (χ3n) is 4.12. The van der Waals surface area contributed by atoms with Crippen LogP contribution in [0.2, 0.25) is 0 Å². The predicted molar refractivity (Wildman–Crippen MR) is 87.2 cm³/mol. The minimum atomic E-state index is -0.773. The van der Waals surface area contributed by atoms with Gasteiger partial charge < -0.3 is 14.7 Å². The second-order valence-electron chi connectivity index (χ2n) is 6.01. The summed E-state index contributed by atoms with van der Waals surface area (Å²) in [5, 5.41) is 19.7. The summed E-state index contributed by atoms with van der Waals surface area (Å²) in [6.45, 7) is 10.2. The molecule has 0 aliphatic rings. The number of hydrogen-bond acceptors (Lipinski definition) is 2. The van der Waals surface area contributed by atoms with Crippen molar-refractivity contribution < 1.29 is 19.5 Å². The van der Waals surface area contributed by atoms with Gasteiger partial charge >= 0.3 is 5.97 Å². The van der Waals surface area contributed by atoms with Gasteiger partial charge in [-0.1, -0.05) is 39.3 Å². The Bertz CT molecular complexity index is 309. The van der Waals surface area contributed by atoms with Gasteiger partial charge in [-0.25, -0.2) is 4.79 Å². The van der Waals surface area contributed by atoms with Crippen LogP contribution in [0.3, 0.4) is 0 Å². The molecule has 0 aromatic carbocycles. The normalized spacial score (nSPS) is 15.3. The number of unbranched alkanes of at least 4 members (excludes halogenated alkanes) is 1. The Labute approximate surface area is 130 Å². The van der Waals surface area contributed by atoms with E-state index >= 15 is 0 Å². The Balaban J connectivity index is 4.89. The maximum absolute atomic E-state index is 11.5. The third kappa shape index (κ3) is 7.09. The number of aliphatic hydroxyl groups is 1. The predicted octanol–water partition coefficient (Wildman–Crippen LogP) is 3.20. The molecule has 2 atom stereocenters. The van der Waals surface area contributed by atoms with Gasteiger partial charge in [-0.3, -0.25) is 0 Å². The van der Waals surface area contributed by atoms with Crippen molar-refractivity contribution in [3.05, 3.63) is 12.2 Å². The lowest BCUT2D eigenvalue weighted by Gasteiger charge is -2.42. The number of allylic oxidation sites excluding steroid dienone is 1. The fourth-order valence-electron chi connectivity index (χ4n) is 3.00. The van der Waals surface area contributed by atoms with Crippen LogP contribution in [0, 0.1) is 0 Å². The molecule has 0 fully saturated rings. The minimum absolute atomic E-state index is 0.473. The molecule has 0 aromatic rings. The number of hydrogen-bond donors (Lipinski definition) is 2. The fourth-order valence-corrected chi connectivity index (χ4v) is 3.00. The monoisotopic (exact) mass is 300 g/mol. The van der Waals surface area contributed by atoms with E-state index in [2.05, 4.69) is 26.8 Å². The Morgan fingerprint density at radius 1 is 1.10 bits per heavy atom. The van der Waals surface area contributed by atoms with Gasteiger partial charge in [0.1, 0.15) is 12.6 Å². The first-order valence-corrected chi connectivity index (χ1v) is 8.35. The summed E-state index contributed by atoms with van der Waals surface area (Å²) in [7, 11) is 0. The topological polar surface area (TPSA) is 57.5 Å². The van der Waals surface area contributed by atoms with Gasteiger partial charge in [0.05, 0.1) is 13.1 Å². The number of quaternary nitrogens is 1. The molecule has 0 saturated heterocycles. The first-order valence-electron chi connectivity index (χ1n) is 8.35. The standard InChI is InChI=1S/C17H33NO3/c1-5-8-9-10-11-16(19)14-18(12-6-2,13-7-3)15(4)17(20)21/h9-10,15-16,19H,5-8,11-14H2,1-4H3/p+1/b10-9+. The summed E-state index contributed by atoms with van der Waals surface area (Å²) in [5.74, 6) is -0.773. The van der Waals surface area contributed by atoms with E-state index in [1.165, 1.54) is 0 Å². The molecular formula is C17H34NO3+. The van der Waals surface area contributed by atoms with E-state index in [1.807, 2.05) is 6.08 Å². The molecule has 0 amide bonds. The van der Waals surface area contributed by atoms with E-state index in [0.29, 0.717) is 17.4 Å². The maximum atomic E-state index is 11.5. The summed E-state index contributed by atoms with van der Waals surface area (Å²) < 4.78 is 0.477. The molecule has 4 nitrogen and oxygen atoms in total. The summed E-state index contributed by atoms with van der Waals surface area (Å²) >= 11 is 0. The minimum Gasteiger partial charge on any atom is -0.477 e. The molecule has 0 aliphatic carbocycles. The van der Waals surface area contributed by atoms with Crippen LogP contribution in [0.1, 0.15) is 59.8 Å². The van der Waals surface area contributed by atoms with E-state index in [9.17, 15) is 15.0 Å². The molecule has 4 heteroatoms. The van der Waals surface area contributed by atoms with Crippen LogP contribution in [0.15, 0.2) is 12.2 Å². The van der Waals surface area contributed by atoms with Gasteiger partial charge in [0.2, 0.25) is 0 Å². The van der Waals surface area contributed by atoms with Crippen LogP contribution in [0.5, 0.6) is 0 Å². The molecule has 2 unspecified atom stereocenters. The van der Waals surface area contributed by atoms with E-state index < -0.39 is 18.1 Å². The lowest BCUT2D eigenvalue weighted by atomic mass is 10.1. The second-order valence-corrected chi connectivity index (χ2v) is 6.01. The quantitative estimate of drug-likeness (QED) is 0.430. The number of nitrogens with zero attached hydrogens (tertiary/aromatic N) is 1. The van der Waals surface area contributed by atoms with Crippen LogP contribution in [0.4, 0.5) is 0 Å². The molecule has 0 rings (SSSR count).